The number of ketones is 1. The van der Waals surface area contributed by atoms with Gasteiger partial charge in [0.25, 0.3) is 0 Å². The fourth-order valence-corrected chi connectivity index (χ4v) is 1.98. The first kappa shape index (κ1) is 19.9. The number of esters is 1. The van der Waals surface area contributed by atoms with Crippen LogP contribution in [0.4, 0.5) is 5.69 Å². The summed E-state index contributed by atoms with van der Waals surface area (Å²) < 4.78 is 5.10. The molecule has 0 saturated heterocycles. The Morgan fingerprint density at radius 1 is 1.29 bits per heavy atom. The van der Waals surface area contributed by atoms with E-state index in [4.69, 9.17) is 4.74 Å². The molecule has 0 spiro atoms. The largest absolute Gasteiger partial charge is 0.465 e. The molecule has 0 amide bonds. The zero-order chi connectivity index (χ0) is 18.3. The van der Waals surface area contributed by atoms with Gasteiger partial charge in [-0.3, -0.25) is 9.59 Å². The van der Waals surface area contributed by atoms with E-state index in [1.165, 1.54) is 0 Å². The minimum atomic E-state index is -0.777. The standard InChI is InChI=1S/C19H28N2O3/c1-14(2)12-24-18(23)11-17(22)19(3,4)15-8-7-9-16(10-15)20-13-21(5)6/h7-10,13-14H,11-12H2,1-6H3/b20-13+. The van der Waals surface area contributed by atoms with Crippen molar-refractivity contribution in [1.82, 2.24) is 4.90 Å². The van der Waals surface area contributed by atoms with Crippen LogP contribution in [-0.2, 0) is 19.7 Å². The summed E-state index contributed by atoms with van der Waals surface area (Å²) in [7, 11) is 3.78. The van der Waals surface area contributed by atoms with E-state index in [2.05, 4.69) is 4.99 Å². The van der Waals surface area contributed by atoms with Gasteiger partial charge in [0.2, 0.25) is 0 Å². The maximum atomic E-state index is 12.6. The first-order valence-electron chi connectivity index (χ1n) is 8.13. The van der Waals surface area contributed by atoms with Gasteiger partial charge in [-0.05, 0) is 37.5 Å². The Hall–Kier alpha value is -2.17. The maximum absolute atomic E-state index is 12.6. The predicted molar refractivity (Wildman–Crippen MR) is 96.7 cm³/mol. The van der Waals surface area contributed by atoms with Gasteiger partial charge in [-0.25, -0.2) is 4.99 Å². The second-order valence-corrected chi connectivity index (χ2v) is 7.06. The molecule has 0 aliphatic carbocycles. The number of carbonyl (C=O) groups is 2. The third-order valence-electron chi connectivity index (χ3n) is 3.59. The lowest BCUT2D eigenvalue weighted by molar-refractivity contribution is -0.147. The number of aliphatic imine (C=N–C) groups is 1. The molecular formula is C19H28N2O3. The second kappa shape index (κ2) is 8.62. The highest BCUT2D eigenvalue weighted by Crippen LogP contribution is 2.28. The molecule has 0 N–H and O–H groups in total. The predicted octanol–water partition coefficient (Wildman–Crippen LogP) is 3.34. The summed E-state index contributed by atoms with van der Waals surface area (Å²) in [6.07, 6.45) is 1.49. The van der Waals surface area contributed by atoms with Gasteiger partial charge in [-0.2, -0.15) is 0 Å². The highest BCUT2D eigenvalue weighted by molar-refractivity contribution is 6.01. The van der Waals surface area contributed by atoms with Crippen LogP contribution in [0, 0.1) is 5.92 Å². The molecule has 132 valence electrons. The molecule has 0 heterocycles. The number of Topliss-reactive ketones (excluding diaryl/α,β-unsaturated/α-hetero) is 1. The van der Waals surface area contributed by atoms with Gasteiger partial charge in [0.15, 0.2) is 5.78 Å². The topological polar surface area (TPSA) is 59.0 Å². The molecule has 0 aliphatic rings. The number of nitrogens with zero attached hydrogens (tertiary/aromatic N) is 2. The third-order valence-corrected chi connectivity index (χ3v) is 3.59. The number of benzene rings is 1. The zero-order valence-corrected chi connectivity index (χ0v) is 15.5. The number of rotatable bonds is 8. The summed E-state index contributed by atoms with van der Waals surface area (Å²) in [5.41, 5.74) is 0.822. The maximum Gasteiger partial charge on any atom is 0.313 e. The molecule has 24 heavy (non-hydrogen) atoms. The first-order chi connectivity index (χ1) is 11.1. The lowest BCUT2D eigenvalue weighted by Gasteiger charge is -2.23. The Kier molecular flexibility index (Phi) is 7.14. The minimum Gasteiger partial charge on any atom is -0.465 e. The van der Waals surface area contributed by atoms with Crippen molar-refractivity contribution in [2.45, 2.75) is 39.5 Å². The fraction of sp³-hybridized carbons (Fsp3) is 0.526. The van der Waals surface area contributed by atoms with Gasteiger partial charge < -0.3 is 9.64 Å². The minimum absolute atomic E-state index is 0.162. The molecule has 1 aromatic carbocycles. The highest BCUT2D eigenvalue weighted by Gasteiger charge is 2.31. The Labute approximate surface area is 144 Å². The summed E-state index contributed by atoms with van der Waals surface area (Å²) in [6, 6.07) is 7.49. The second-order valence-electron chi connectivity index (χ2n) is 7.06. The smallest absolute Gasteiger partial charge is 0.313 e. The van der Waals surface area contributed by atoms with E-state index in [0.29, 0.717) is 6.61 Å². The van der Waals surface area contributed by atoms with Crippen molar-refractivity contribution in [2.75, 3.05) is 20.7 Å². The van der Waals surface area contributed by atoms with Crippen LogP contribution in [0.25, 0.3) is 0 Å². The third kappa shape index (κ3) is 6.14. The Balaban J connectivity index is 2.84. The fourth-order valence-electron chi connectivity index (χ4n) is 1.98. The van der Waals surface area contributed by atoms with Crippen molar-refractivity contribution in [3.05, 3.63) is 29.8 Å². The van der Waals surface area contributed by atoms with Crippen molar-refractivity contribution in [3.63, 3.8) is 0 Å². The number of ether oxygens (including phenoxy) is 1. The van der Waals surface area contributed by atoms with E-state index in [1.807, 2.05) is 71.0 Å². The summed E-state index contributed by atoms with van der Waals surface area (Å²) in [6.45, 7) is 7.89. The molecule has 0 fully saturated rings. The number of hydrogen-bond acceptors (Lipinski definition) is 4. The summed E-state index contributed by atoms with van der Waals surface area (Å²) in [4.78, 5) is 30.5. The van der Waals surface area contributed by atoms with Crippen LogP contribution in [0.15, 0.2) is 29.3 Å². The van der Waals surface area contributed by atoms with Crippen LogP contribution < -0.4 is 0 Å². The van der Waals surface area contributed by atoms with Gasteiger partial charge in [0.05, 0.1) is 18.6 Å². The van der Waals surface area contributed by atoms with Crippen molar-refractivity contribution < 1.29 is 14.3 Å². The van der Waals surface area contributed by atoms with E-state index in [9.17, 15) is 9.59 Å². The number of carbonyl (C=O) groups excluding carboxylic acids is 2. The number of hydrogen-bond donors (Lipinski definition) is 0. The van der Waals surface area contributed by atoms with Crippen molar-refractivity contribution in [2.24, 2.45) is 10.9 Å². The monoisotopic (exact) mass is 332 g/mol. The average molecular weight is 332 g/mol. The molecule has 0 saturated carbocycles. The summed E-state index contributed by atoms with van der Waals surface area (Å²) >= 11 is 0. The highest BCUT2D eigenvalue weighted by atomic mass is 16.5. The SMILES string of the molecule is CC(C)COC(=O)CC(=O)C(C)(C)c1cccc(/N=C/N(C)C)c1. The van der Waals surface area contributed by atoms with Crippen molar-refractivity contribution in [3.8, 4) is 0 Å². The Morgan fingerprint density at radius 3 is 2.54 bits per heavy atom. The zero-order valence-electron chi connectivity index (χ0n) is 15.5. The van der Waals surface area contributed by atoms with Gasteiger partial charge in [0.1, 0.15) is 6.42 Å². The van der Waals surface area contributed by atoms with E-state index in [0.717, 1.165) is 11.3 Å². The molecule has 0 bridgehead atoms. The van der Waals surface area contributed by atoms with Crippen LogP contribution in [0.2, 0.25) is 0 Å². The van der Waals surface area contributed by atoms with Crippen LogP contribution in [-0.4, -0.2) is 43.7 Å². The van der Waals surface area contributed by atoms with E-state index in [1.54, 1.807) is 6.34 Å². The molecule has 0 radical (unpaired) electrons. The molecule has 0 aromatic heterocycles. The summed E-state index contributed by atoms with van der Waals surface area (Å²) in [5.74, 6) is -0.378. The van der Waals surface area contributed by atoms with Crippen molar-refractivity contribution >= 4 is 23.8 Å². The molecule has 1 aromatic rings. The van der Waals surface area contributed by atoms with Crippen LogP contribution in [0.3, 0.4) is 0 Å². The Bertz CT molecular complexity index is 604. The van der Waals surface area contributed by atoms with Gasteiger partial charge in [-0.15, -0.1) is 0 Å². The van der Waals surface area contributed by atoms with Gasteiger partial charge >= 0.3 is 5.97 Å². The molecule has 0 atom stereocenters. The average Bonchev–Trinajstić information content (AvgIpc) is 2.51. The molecule has 0 aliphatic heterocycles. The molecule has 0 unspecified atom stereocenters. The van der Waals surface area contributed by atoms with Crippen LogP contribution in [0.5, 0.6) is 0 Å². The summed E-state index contributed by atoms with van der Waals surface area (Å²) in [5, 5.41) is 0. The lowest BCUT2D eigenvalue weighted by Crippen LogP contribution is -2.31. The molecule has 5 heteroatoms. The van der Waals surface area contributed by atoms with E-state index in [-0.39, 0.29) is 18.1 Å². The van der Waals surface area contributed by atoms with Crippen LogP contribution in [0.1, 0.15) is 39.7 Å². The first-order valence-corrected chi connectivity index (χ1v) is 8.13. The van der Waals surface area contributed by atoms with Crippen molar-refractivity contribution in [1.29, 1.82) is 0 Å². The van der Waals surface area contributed by atoms with Crippen LogP contribution >= 0.6 is 0 Å². The van der Waals surface area contributed by atoms with Gasteiger partial charge in [0, 0.05) is 19.5 Å². The molecular weight excluding hydrogens is 304 g/mol. The lowest BCUT2D eigenvalue weighted by atomic mass is 9.79. The van der Waals surface area contributed by atoms with Gasteiger partial charge in [-0.1, -0.05) is 26.0 Å². The normalized spacial score (nSPS) is 11.8. The Morgan fingerprint density at radius 2 is 1.96 bits per heavy atom. The van der Waals surface area contributed by atoms with E-state index < -0.39 is 11.4 Å². The molecule has 1 rings (SSSR count). The van der Waals surface area contributed by atoms with E-state index >= 15 is 0 Å². The quantitative estimate of drug-likeness (QED) is 0.317. The molecule has 5 nitrogen and oxygen atoms in total.